The molecular weight excluding hydrogens is 366 g/mol. The quantitative estimate of drug-likeness (QED) is 0.477. The molecule has 0 fully saturated rings. The molecule has 2 heterocycles. The van der Waals surface area contributed by atoms with Gasteiger partial charge in [0.25, 0.3) is 0 Å². The van der Waals surface area contributed by atoms with Crippen LogP contribution in [-0.2, 0) is 18.0 Å². The van der Waals surface area contributed by atoms with E-state index in [0.717, 1.165) is 22.6 Å². The Morgan fingerprint density at radius 2 is 1.69 bits per heavy atom. The summed E-state index contributed by atoms with van der Waals surface area (Å²) in [5.41, 5.74) is 3.68. The van der Waals surface area contributed by atoms with E-state index in [-0.39, 0.29) is 6.61 Å². The van der Waals surface area contributed by atoms with Crippen molar-refractivity contribution >= 4 is 5.97 Å². The summed E-state index contributed by atoms with van der Waals surface area (Å²) in [7, 11) is 0. The molecule has 1 N–H and O–H groups in total. The fourth-order valence-electron chi connectivity index (χ4n) is 2.73. The third kappa shape index (κ3) is 4.87. The number of rotatable bonds is 7. The number of hydrogen-bond donors (Lipinski definition) is 1. The number of benzene rings is 2. The highest BCUT2D eigenvalue weighted by Crippen LogP contribution is 2.18. The lowest BCUT2D eigenvalue weighted by atomic mass is 10.1. The highest BCUT2D eigenvalue weighted by Gasteiger charge is 2.12. The van der Waals surface area contributed by atoms with Crippen LogP contribution in [0.1, 0.15) is 21.7 Å². The van der Waals surface area contributed by atoms with Crippen LogP contribution < -0.4 is 4.74 Å². The number of nitrogens with one attached hydrogen (secondary N) is 1. The van der Waals surface area contributed by atoms with E-state index >= 15 is 0 Å². The molecule has 0 saturated heterocycles. The number of carbonyl (C=O) groups is 1. The van der Waals surface area contributed by atoms with Gasteiger partial charge in [-0.3, -0.25) is 10.1 Å². The Morgan fingerprint density at radius 3 is 2.45 bits per heavy atom. The Kier molecular flexibility index (Phi) is 5.62. The Hall–Kier alpha value is -3.93. The molecule has 2 aromatic carbocycles. The number of nitrogens with zero attached hydrogens (tertiary/aromatic N) is 2. The van der Waals surface area contributed by atoms with Gasteiger partial charge < -0.3 is 9.47 Å². The van der Waals surface area contributed by atoms with Gasteiger partial charge in [0, 0.05) is 11.8 Å². The number of aromatic amines is 1. The van der Waals surface area contributed by atoms with E-state index in [2.05, 4.69) is 15.2 Å². The molecule has 4 rings (SSSR count). The van der Waals surface area contributed by atoms with Gasteiger partial charge in [0.05, 0.1) is 11.4 Å². The van der Waals surface area contributed by atoms with Gasteiger partial charge in [-0.25, -0.2) is 4.79 Å². The normalized spacial score (nSPS) is 10.5. The van der Waals surface area contributed by atoms with E-state index in [1.165, 1.54) is 0 Å². The second-order valence-corrected chi connectivity index (χ2v) is 6.36. The van der Waals surface area contributed by atoms with Gasteiger partial charge >= 0.3 is 5.97 Å². The molecule has 0 saturated carbocycles. The summed E-state index contributed by atoms with van der Waals surface area (Å²) < 4.78 is 11.1. The minimum atomic E-state index is -0.449. The molecule has 6 heteroatoms. The highest BCUT2D eigenvalue weighted by molar-refractivity contribution is 5.88. The van der Waals surface area contributed by atoms with Crippen molar-refractivity contribution in [2.75, 3.05) is 0 Å². The Bertz CT molecular complexity index is 1060. The first-order valence-electron chi connectivity index (χ1n) is 9.17. The summed E-state index contributed by atoms with van der Waals surface area (Å²) in [6.45, 7) is 0.567. The van der Waals surface area contributed by atoms with Crippen molar-refractivity contribution in [1.29, 1.82) is 0 Å². The van der Waals surface area contributed by atoms with Crippen LogP contribution in [0.2, 0.25) is 0 Å². The number of ether oxygens (including phenoxy) is 2. The Labute approximate surface area is 168 Å². The third-order valence-electron chi connectivity index (χ3n) is 4.27. The lowest BCUT2D eigenvalue weighted by Crippen LogP contribution is -2.05. The smallest absolute Gasteiger partial charge is 0.356 e. The number of H-pyrrole nitrogens is 1. The van der Waals surface area contributed by atoms with Gasteiger partial charge in [-0.1, -0.05) is 48.5 Å². The molecular formula is C23H19N3O3. The van der Waals surface area contributed by atoms with E-state index in [0.29, 0.717) is 18.0 Å². The van der Waals surface area contributed by atoms with Gasteiger partial charge in [0.15, 0.2) is 0 Å². The molecule has 29 heavy (non-hydrogen) atoms. The number of esters is 1. The van der Waals surface area contributed by atoms with E-state index < -0.39 is 5.97 Å². The molecule has 0 spiro atoms. The fraction of sp³-hybridized carbons (Fsp3) is 0.0870. The summed E-state index contributed by atoms with van der Waals surface area (Å²) in [6.07, 6.45) is 1.73. The average Bonchev–Trinajstić information content (AvgIpc) is 3.29. The molecule has 4 aromatic rings. The minimum Gasteiger partial charge on any atom is -0.487 e. The standard InChI is InChI=1S/C23H19N3O3/c27-23(22-14-21(25-26-22)18-6-2-1-3-7-18)29-15-17-9-11-20(12-10-17)28-16-19-8-4-5-13-24-19/h1-14H,15-16H2,(H,25,26). The molecule has 0 bridgehead atoms. The topological polar surface area (TPSA) is 77.1 Å². The molecule has 0 atom stereocenters. The molecule has 0 radical (unpaired) electrons. The molecule has 0 aliphatic rings. The van der Waals surface area contributed by atoms with Crippen LogP contribution in [0.25, 0.3) is 11.3 Å². The maximum atomic E-state index is 12.3. The maximum absolute atomic E-state index is 12.3. The molecule has 0 aliphatic carbocycles. The van der Waals surface area contributed by atoms with Gasteiger partial charge in [-0.2, -0.15) is 5.10 Å². The summed E-state index contributed by atoms with van der Waals surface area (Å²) in [5, 5.41) is 6.90. The summed E-state index contributed by atoms with van der Waals surface area (Å²) >= 11 is 0. The predicted octanol–water partition coefficient (Wildman–Crippen LogP) is 4.41. The second kappa shape index (κ2) is 8.84. The van der Waals surface area contributed by atoms with E-state index in [9.17, 15) is 4.79 Å². The summed E-state index contributed by atoms with van der Waals surface area (Å²) in [4.78, 5) is 16.5. The summed E-state index contributed by atoms with van der Waals surface area (Å²) in [6, 6.07) is 24.4. The first kappa shape index (κ1) is 18.4. The van der Waals surface area contributed by atoms with E-state index in [1.54, 1.807) is 12.3 Å². The molecule has 144 valence electrons. The van der Waals surface area contributed by atoms with Gasteiger partial charge in [0.1, 0.15) is 24.7 Å². The maximum Gasteiger partial charge on any atom is 0.356 e. The highest BCUT2D eigenvalue weighted by atomic mass is 16.5. The van der Waals surface area contributed by atoms with Crippen molar-refractivity contribution in [3.8, 4) is 17.0 Å². The van der Waals surface area contributed by atoms with E-state index in [4.69, 9.17) is 9.47 Å². The largest absolute Gasteiger partial charge is 0.487 e. The number of aromatic nitrogens is 3. The van der Waals surface area contributed by atoms with Crippen LogP contribution in [-0.4, -0.2) is 21.2 Å². The van der Waals surface area contributed by atoms with Crippen molar-refractivity contribution in [3.63, 3.8) is 0 Å². The lowest BCUT2D eigenvalue weighted by molar-refractivity contribution is 0.0465. The minimum absolute atomic E-state index is 0.166. The Balaban J connectivity index is 1.30. The average molecular weight is 385 g/mol. The first-order chi connectivity index (χ1) is 14.3. The lowest BCUT2D eigenvalue weighted by Gasteiger charge is -2.07. The van der Waals surface area contributed by atoms with Gasteiger partial charge in [0.2, 0.25) is 0 Å². The zero-order chi connectivity index (χ0) is 19.9. The molecule has 0 amide bonds. The zero-order valence-electron chi connectivity index (χ0n) is 15.6. The predicted molar refractivity (Wildman–Crippen MR) is 108 cm³/mol. The number of carbonyl (C=O) groups excluding carboxylic acids is 1. The van der Waals surface area contributed by atoms with Crippen LogP contribution in [0.5, 0.6) is 5.75 Å². The van der Waals surface area contributed by atoms with Crippen molar-refractivity contribution < 1.29 is 14.3 Å². The van der Waals surface area contributed by atoms with Crippen molar-refractivity contribution in [2.45, 2.75) is 13.2 Å². The molecule has 0 unspecified atom stereocenters. The van der Waals surface area contributed by atoms with Gasteiger partial charge in [-0.15, -0.1) is 0 Å². The monoisotopic (exact) mass is 385 g/mol. The zero-order valence-corrected chi connectivity index (χ0v) is 15.6. The van der Waals surface area contributed by atoms with Crippen molar-refractivity contribution in [2.24, 2.45) is 0 Å². The Morgan fingerprint density at radius 1 is 0.897 bits per heavy atom. The van der Waals surface area contributed by atoms with E-state index in [1.807, 2.05) is 72.8 Å². The fourth-order valence-corrected chi connectivity index (χ4v) is 2.73. The molecule has 2 aromatic heterocycles. The van der Waals surface area contributed by atoms with Crippen LogP contribution >= 0.6 is 0 Å². The van der Waals surface area contributed by atoms with Crippen LogP contribution in [0.15, 0.2) is 85.1 Å². The van der Waals surface area contributed by atoms with Crippen molar-refractivity contribution in [1.82, 2.24) is 15.2 Å². The first-order valence-corrected chi connectivity index (χ1v) is 9.17. The van der Waals surface area contributed by atoms with Crippen LogP contribution in [0.4, 0.5) is 0 Å². The SMILES string of the molecule is O=C(OCc1ccc(OCc2ccccn2)cc1)c1cc(-c2ccccc2)n[nH]1. The number of hydrogen-bond acceptors (Lipinski definition) is 5. The van der Waals surface area contributed by atoms with Crippen LogP contribution in [0, 0.1) is 0 Å². The van der Waals surface area contributed by atoms with Crippen molar-refractivity contribution in [3.05, 3.63) is 102 Å². The molecule has 0 aliphatic heterocycles. The number of pyridine rings is 1. The second-order valence-electron chi connectivity index (χ2n) is 6.36. The molecule has 6 nitrogen and oxygen atoms in total. The summed E-state index contributed by atoms with van der Waals surface area (Å²) in [5.74, 6) is 0.280. The van der Waals surface area contributed by atoms with Crippen LogP contribution in [0.3, 0.4) is 0 Å². The third-order valence-corrected chi connectivity index (χ3v) is 4.27. The van der Waals surface area contributed by atoms with Gasteiger partial charge in [-0.05, 0) is 35.9 Å².